The standard InChI is InChI=1S/C6H13O2P/c7-9(8)5-3-1-2-4-6-9/h1-6H2,(H,7,8). The highest BCUT2D eigenvalue weighted by atomic mass is 31.2. The van der Waals surface area contributed by atoms with Crippen LogP contribution in [0.5, 0.6) is 0 Å². The average molecular weight is 148 g/mol. The summed E-state index contributed by atoms with van der Waals surface area (Å²) in [6, 6.07) is 0. The molecule has 0 unspecified atom stereocenters. The molecule has 0 bridgehead atoms. The van der Waals surface area contributed by atoms with Crippen LogP contribution in [0, 0.1) is 0 Å². The summed E-state index contributed by atoms with van der Waals surface area (Å²) in [7, 11) is -2.63. The molecule has 0 aromatic heterocycles. The molecule has 1 N–H and O–H groups in total. The van der Waals surface area contributed by atoms with Gasteiger partial charge in [-0.3, -0.25) is 4.57 Å². The molecular weight excluding hydrogens is 135 g/mol. The van der Waals surface area contributed by atoms with E-state index in [1.54, 1.807) is 0 Å². The van der Waals surface area contributed by atoms with Gasteiger partial charge in [0.15, 0.2) is 0 Å². The van der Waals surface area contributed by atoms with Crippen LogP contribution in [0.3, 0.4) is 0 Å². The maximum Gasteiger partial charge on any atom is 0.200 e. The van der Waals surface area contributed by atoms with Crippen molar-refractivity contribution in [2.45, 2.75) is 25.7 Å². The van der Waals surface area contributed by atoms with Crippen LogP contribution in [0.25, 0.3) is 0 Å². The van der Waals surface area contributed by atoms with Gasteiger partial charge in [-0.25, -0.2) is 0 Å². The molecule has 0 amide bonds. The van der Waals surface area contributed by atoms with E-state index in [1.807, 2.05) is 0 Å². The quantitative estimate of drug-likeness (QED) is 0.532. The van der Waals surface area contributed by atoms with Crippen molar-refractivity contribution in [2.75, 3.05) is 12.3 Å². The molecule has 2 nitrogen and oxygen atoms in total. The van der Waals surface area contributed by atoms with Crippen molar-refractivity contribution >= 4 is 7.37 Å². The molecule has 9 heavy (non-hydrogen) atoms. The second-order valence-corrected chi connectivity index (χ2v) is 5.29. The summed E-state index contributed by atoms with van der Waals surface area (Å²) in [5.41, 5.74) is 0. The zero-order valence-electron chi connectivity index (χ0n) is 5.55. The van der Waals surface area contributed by atoms with Crippen LogP contribution in [0.4, 0.5) is 0 Å². The van der Waals surface area contributed by atoms with E-state index in [4.69, 9.17) is 4.89 Å². The van der Waals surface area contributed by atoms with E-state index in [2.05, 4.69) is 0 Å². The number of hydrogen-bond donors (Lipinski definition) is 1. The van der Waals surface area contributed by atoms with Gasteiger partial charge >= 0.3 is 0 Å². The van der Waals surface area contributed by atoms with E-state index in [0.29, 0.717) is 12.3 Å². The summed E-state index contributed by atoms with van der Waals surface area (Å²) in [6.07, 6.45) is 5.32. The van der Waals surface area contributed by atoms with Crippen LogP contribution in [-0.4, -0.2) is 17.2 Å². The third kappa shape index (κ3) is 2.51. The van der Waals surface area contributed by atoms with E-state index < -0.39 is 7.37 Å². The molecule has 3 heteroatoms. The first-order chi connectivity index (χ1) is 4.21. The van der Waals surface area contributed by atoms with Gasteiger partial charge in [-0.1, -0.05) is 12.8 Å². The Kier molecular flexibility index (Phi) is 2.31. The lowest BCUT2D eigenvalue weighted by Gasteiger charge is -2.04. The fourth-order valence-corrected chi connectivity index (χ4v) is 2.84. The predicted molar refractivity (Wildman–Crippen MR) is 38.0 cm³/mol. The molecule has 0 spiro atoms. The minimum atomic E-state index is -2.63. The molecule has 0 saturated carbocycles. The van der Waals surface area contributed by atoms with Crippen molar-refractivity contribution in [3.63, 3.8) is 0 Å². The molecular formula is C6H13O2P. The van der Waals surface area contributed by atoms with Gasteiger partial charge in [0.1, 0.15) is 0 Å². The lowest BCUT2D eigenvalue weighted by Crippen LogP contribution is -1.88. The Bertz CT molecular complexity index is 121. The van der Waals surface area contributed by atoms with Crippen LogP contribution in [0.15, 0.2) is 0 Å². The van der Waals surface area contributed by atoms with Gasteiger partial charge in [-0.15, -0.1) is 0 Å². The van der Waals surface area contributed by atoms with Gasteiger partial charge in [0.2, 0.25) is 7.37 Å². The number of hydrogen-bond acceptors (Lipinski definition) is 1. The SMILES string of the molecule is O=P1(O)CCCCCC1. The lowest BCUT2D eigenvalue weighted by molar-refractivity contribution is 0.478. The van der Waals surface area contributed by atoms with Crippen molar-refractivity contribution in [3.05, 3.63) is 0 Å². The highest BCUT2D eigenvalue weighted by molar-refractivity contribution is 7.57. The van der Waals surface area contributed by atoms with Gasteiger partial charge in [-0.05, 0) is 12.8 Å². The van der Waals surface area contributed by atoms with Crippen LogP contribution in [0.2, 0.25) is 0 Å². The van der Waals surface area contributed by atoms with E-state index in [9.17, 15) is 4.57 Å². The van der Waals surface area contributed by atoms with Gasteiger partial charge in [-0.2, -0.15) is 0 Å². The maximum absolute atomic E-state index is 11.0. The Morgan fingerprint density at radius 1 is 1.00 bits per heavy atom. The second kappa shape index (κ2) is 2.85. The third-order valence-electron chi connectivity index (χ3n) is 1.77. The Labute approximate surface area is 55.7 Å². The second-order valence-electron chi connectivity index (χ2n) is 2.71. The third-order valence-corrected chi connectivity index (χ3v) is 3.80. The largest absolute Gasteiger partial charge is 0.344 e. The van der Waals surface area contributed by atoms with E-state index in [0.717, 1.165) is 25.7 Å². The van der Waals surface area contributed by atoms with Crippen molar-refractivity contribution in [1.82, 2.24) is 0 Å². The monoisotopic (exact) mass is 148 g/mol. The van der Waals surface area contributed by atoms with Crippen LogP contribution < -0.4 is 0 Å². The molecule has 1 fully saturated rings. The minimum Gasteiger partial charge on any atom is -0.344 e. The van der Waals surface area contributed by atoms with Crippen LogP contribution in [-0.2, 0) is 4.57 Å². The summed E-state index contributed by atoms with van der Waals surface area (Å²) in [5.74, 6) is 0. The maximum atomic E-state index is 11.0. The van der Waals surface area contributed by atoms with Crippen molar-refractivity contribution in [2.24, 2.45) is 0 Å². The zero-order chi connectivity index (χ0) is 6.74. The van der Waals surface area contributed by atoms with E-state index in [1.165, 1.54) is 0 Å². The van der Waals surface area contributed by atoms with E-state index in [-0.39, 0.29) is 0 Å². The Hall–Kier alpha value is 0.190. The molecule has 1 aliphatic rings. The van der Waals surface area contributed by atoms with Gasteiger partial charge in [0.25, 0.3) is 0 Å². The molecule has 0 atom stereocenters. The molecule has 54 valence electrons. The van der Waals surface area contributed by atoms with Crippen molar-refractivity contribution in [1.29, 1.82) is 0 Å². The predicted octanol–water partition coefficient (Wildman–Crippen LogP) is 1.83. The molecule has 1 rings (SSSR count). The molecule has 1 aliphatic heterocycles. The minimum absolute atomic E-state index is 0.562. The number of rotatable bonds is 0. The molecule has 1 heterocycles. The topological polar surface area (TPSA) is 37.3 Å². The molecule has 0 aromatic carbocycles. The van der Waals surface area contributed by atoms with Crippen LogP contribution in [0.1, 0.15) is 25.7 Å². The highest BCUT2D eigenvalue weighted by Crippen LogP contribution is 2.44. The van der Waals surface area contributed by atoms with Gasteiger partial charge < -0.3 is 4.89 Å². The van der Waals surface area contributed by atoms with Crippen LogP contribution >= 0.6 is 7.37 Å². The molecule has 0 aliphatic carbocycles. The Morgan fingerprint density at radius 3 is 1.89 bits per heavy atom. The summed E-state index contributed by atoms with van der Waals surface area (Å²) >= 11 is 0. The highest BCUT2D eigenvalue weighted by Gasteiger charge is 2.18. The fourth-order valence-electron chi connectivity index (χ4n) is 1.18. The molecule has 0 aromatic rings. The summed E-state index contributed by atoms with van der Waals surface area (Å²) < 4.78 is 11.0. The first-order valence-electron chi connectivity index (χ1n) is 3.52. The zero-order valence-corrected chi connectivity index (χ0v) is 6.44. The summed E-state index contributed by atoms with van der Waals surface area (Å²) in [6.45, 7) is 0. The summed E-state index contributed by atoms with van der Waals surface area (Å²) in [5, 5.41) is 0. The smallest absolute Gasteiger partial charge is 0.200 e. The lowest BCUT2D eigenvalue weighted by atomic mass is 10.2. The fraction of sp³-hybridized carbons (Fsp3) is 1.00. The first kappa shape index (κ1) is 7.30. The first-order valence-corrected chi connectivity index (χ1v) is 5.55. The molecule has 1 saturated heterocycles. The van der Waals surface area contributed by atoms with Crippen molar-refractivity contribution in [3.8, 4) is 0 Å². The Balaban J connectivity index is 2.45. The normalized spacial score (nSPS) is 27.2. The van der Waals surface area contributed by atoms with E-state index >= 15 is 0 Å². The molecule has 0 radical (unpaired) electrons. The van der Waals surface area contributed by atoms with Crippen molar-refractivity contribution < 1.29 is 9.46 Å². The average Bonchev–Trinajstić information content (AvgIpc) is 1.92. The summed E-state index contributed by atoms with van der Waals surface area (Å²) in [4.78, 5) is 9.11. The van der Waals surface area contributed by atoms with Gasteiger partial charge in [0, 0.05) is 12.3 Å². The van der Waals surface area contributed by atoms with Gasteiger partial charge in [0.05, 0.1) is 0 Å². The Morgan fingerprint density at radius 2 is 1.44 bits per heavy atom.